The summed E-state index contributed by atoms with van der Waals surface area (Å²) in [6.45, 7) is 10.8. The van der Waals surface area contributed by atoms with Gasteiger partial charge in [0.2, 0.25) is 0 Å². The lowest BCUT2D eigenvalue weighted by Gasteiger charge is -2.41. The van der Waals surface area contributed by atoms with Crippen LogP contribution in [-0.4, -0.2) is 22.0 Å². The van der Waals surface area contributed by atoms with E-state index in [2.05, 4.69) is 10.0 Å². The molecular weight excluding hydrogens is 356 g/mol. The highest BCUT2D eigenvalue weighted by Crippen LogP contribution is 2.44. The van der Waals surface area contributed by atoms with Crippen molar-refractivity contribution < 1.29 is 19.1 Å². The Morgan fingerprint density at radius 3 is 2.85 bits per heavy atom. The number of ether oxygens (including phenoxy) is 2. The Morgan fingerprint density at radius 2 is 2.08 bits per heavy atom. The van der Waals surface area contributed by atoms with Crippen LogP contribution in [0.15, 0.2) is 40.9 Å². The Morgan fingerprint density at radius 1 is 1.27 bits per heavy atom. The second-order valence-corrected chi connectivity index (χ2v) is 7.09. The molecule has 2 atom stereocenters. The van der Waals surface area contributed by atoms with Crippen LogP contribution in [0.1, 0.15) is 25.5 Å². The fourth-order valence-corrected chi connectivity index (χ4v) is 3.18. The molecule has 0 fully saturated rings. The molecule has 6 nitrogen and oxygen atoms in total. The molecule has 26 heavy (non-hydrogen) atoms. The Kier molecular flexibility index (Phi) is 3.79. The lowest BCUT2D eigenvalue weighted by atomic mass is 9.88. The highest BCUT2D eigenvalue weighted by molar-refractivity contribution is 6.31. The minimum Gasteiger partial charge on any atom is -0.485 e. The third-order valence-electron chi connectivity index (χ3n) is 4.44. The van der Waals surface area contributed by atoms with E-state index in [-0.39, 0.29) is 5.88 Å². The number of aromatic nitrogens is 1. The van der Waals surface area contributed by atoms with Gasteiger partial charge in [-0.1, -0.05) is 17.7 Å². The third kappa shape index (κ3) is 2.66. The van der Waals surface area contributed by atoms with E-state index in [0.29, 0.717) is 33.0 Å². The number of hydrogen-bond acceptors (Lipinski definition) is 5. The minimum atomic E-state index is -0.977. The zero-order valence-corrected chi connectivity index (χ0v) is 14.8. The Labute approximate surface area is 154 Å². The van der Waals surface area contributed by atoms with Crippen LogP contribution in [0.4, 0.5) is 5.69 Å². The second kappa shape index (κ2) is 5.90. The zero-order valence-electron chi connectivity index (χ0n) is 14.1. The summed E-state index contributed by atoms with van der Waals surface area (Å²) in [5, 5.41) is 15.9. The fourth-order valence-electron chi connectivity index (χ4n) is 3.02. The van der Waals surface area contributed by atoms with Crippen molar-refractivity contribution in [2.45, 2.75) is 31.7 Å². The van der Waals surface area contributed by atoms with Gasteiger partial charge in [-0.2, -0.15) is 0 Å². The van der Waals surface area contributed by atoms with Gasteiger partial charge in [-0.15, -0.1) is 0 Å². The number of nitrogens with zero attached hydrogens (tertiary/aromatic N) is 2. The van der Waals surface area contributed by atoms with Crippen molar-refractivity contribution in [1.29, 1.82) is 0 Å². The molecule has 2 aromatic carbocycles. The molecule has 1 N–H and O–H groups in total. The van der Waals surface area contributed by atoms with Gasteiger partial charge < -0.3 is 19.1 Å². The van der Waals surface area contributed by atoms with Crippen molar-refractivity contribution >= 4 is 28.3 Å². The van der Waals surface area contributed by atoms with E-state index in [1.54, 1.807) is 50.2 Å². The maximum Gasteiger partial charge on any atom is 0.262 e. The molecule has 4 rings (SSSR count). The highest BCUT2D eigenvalue weighted by Gasteiger charge is 2.45. The fraction of sp³-hybridized carbons (Fsp3) is 0.263. The molecule has 1 aromatic heterocycles. The number of hydrogen-bond donors (Lipinski definition) is 1. The van der Waals surface area contributed by atoms with Crippen LogP contribution in [0.5, 0.6) is 11.6 Å². The van der Waals surface area contributed by atoms with Gasteiger partial charge >= 0.3 is 0 Å². The zero-order chi connectivity index (χ0) is 18.5. The van der Waals surface area contributed by atoms with E-state index in [1.807, 2.05) is 0 Å². The van der Waals surface area contributed by atoms with E-state index in [4.69, 9.17) is 32.2 Å². The van der Waals surface area contributed by atoms with Crippen LogP contribution in [0.3, 0.4) is 0 Å². The number of rotatable bonds is 2. The summed E-state index contributed by atoms with van der Waals surface area (Å²) < 4.78 is 17.2. The molecule has 1 aliphatic heterocycles. The Balaban J connectivity index is 1.80. The summed E-state index contributed by atoms with van der Waals surface area (Å²) >= 11 is 5.97. The quantitative estimate of drug-likeness (QED) is 0.663. The van der Waals surface area contributed by atoms with Gasteiger partial charge in [-0.3, -0.25) is 0 Å². The monoisotopic (exact) mass is 370 g/mol. The van der Waals surface area contributed by atoms with Crippen LogP contribution >= 0.6 is 11.6 Å². The molecule has 3 aromatic rings. The van der Waals surface area contributed by atoms with Crippen molar-refractivity contribution in [3.05, 3.63) is 58.4 Å². The molecule has 1 aliphatic rings. The van der Waals surface area contributed by atoms with Crippen molar-refractivity contribution in [1.82, 2.24) is 5.16 Å². The number of benzene rings is 2. The van der Waals surface area contributed by atoms with Crippen molar-refractivity contribution in [2.24, 2.45) is 0 Å². The minimum absolute atomic E-state index is 0.248. The third-order valence-corrected chi connectivity index (χ3v) is 4.68. The van der Waals surface area contributed by atoms with Crippen molar-refractivity contribution in [3.8, 4) is 11.6 Å². The molecule has 0 unspecified atom stereocenters. The molecular formula is C19H15ClN2O4. The maximum absolute atomic E-state index is 10.8. The second-order valence-electron chi connectivity index (χ2n) is 6.65. The van der Waals surface area contributed by atoms with Gasteiger partial charge in [0, 0.05) is 16.7 Å². The van der Waals surface area contributed by atoms with Gasteiger partial charge in [0.05, 0.1) is 12.0 Å². The summed E-state index contributed by atoms with van der Waals surface area (Å²) in [4.78, 5) is 3.44. The summed E-state index contributed by atoms with van der Waals surface area (Å²) in [5.74, 6) is 0.811. The van der Waals surface area contributed by atoms with Crippen LogP contribution < -0.4 is 9.47 Å². The molecule has 0 bridgehead atoms. The van der Waals surface area contributed by atoms with Crippen LogP contribution in [0, 0.1) is 6.57 Å². The number of fused-ring (bicyclic) bond motifs is 2. The SMILES string of the molecule is [C-]#[N+]c1ccc2c(c1)[C@@H](Oc1noc3cc(Cl)ccc13)[C@H](O)C(C)(C)O2. The first kappa shape index (κ1) is 16.7. The number of halogens is 1. The van der Waals surface area contributed by atoms with E-state index < -0.39 is 17.8 Å². The Hall–Kier alpha value is -2.75. The van der Waals surface area contributed by atoms with Crippen molar-refractivity contribution in [2.75, 3.05) is 0 Å². The Bertz CT molecular complexity index is 1040. The largest absolute Gasteiger partial charge is 0.485 e. The highest BCUT2D eigenvalue weighted by atomic mass is 35.5. The van der Waals surface area contributed by atoms with Crippen LogP contribution in [0.2, 0.25) is 5.02 Å². The molecule has 0 aliphatic carbocycles. The first-order chi connectivity index (χ1) is 12.4. The number of aliphatic hydroxyl groups is 1. The molecule has 0 spiro atoms. The molecule has 0 radical (unpaired) electrons. The average molecular weight is 371 g/mol. The summed E-state index contributed by atoms with van der Waals surface area (Å²) in [6.07, 6.45) is -1.74. The summed E-state index contributed by atoms with van der Waals surface area (Å²) in [5.41, 5.74) is 0.642. The topological polar surface area (TPSA) is 69.1 Å². The molecule has 0 amide bonds. The predicted molar refractivity (Wildman–Crippen MR) is 95.8 cm³/mol. The molecule has 2 heterocycles. The van der Waals surface area contributed by atoms with E-state index >= 15 is 0 Å². The summed E-state index contributed by atoms with van der Waals surface area (Å²) in [7, 11) is 0. The van der Waals surface area contributed by atoms with Crippen LogP contribution in [-0.2, 0) is 0 Å². The van der Waals surface area contributed by atoms with Crippen molar-refractivity contribution in [3.63, 3.8) is 0 Å². The molecule has 0 saturated heterocycles. The smallest absolute Gasteiger partial charge is 0.262 e. The molecule has 0 saturated carbocycles. The van der Waals surface area contributed by atoms with Gasteiger partial charge in [0.25, 0.3) is 5.88 Å². The lowest BCUT2D eigenvalue weighted by Crippen LogP contribution is -2.50. The van der Waals surface area contributed by atoms with Gasteiger partial charge in [0.1, 0.15) is 17.5 Å². The standard InChI is InChI=1S/C19H15ClN2O4/c1-19(2)17(23)16(13-9-11(21-3)5-7-14(13)25-19)24-18-12-6-4-10(20)8-15(12)26-22-18/h4-9,16-17,23H,1-2H3/t16-,17+/m1/s1. The number of aliphatic hydroxyl groups excluding tert-OH is 1. The van der Waals surface area contributed by atoms with Gasteiger partial charge in [-0.05, 0) is 43.3 Å². The van der Waals surface area contributed by atoms with E-state index in [9.17, 15) is 5.11 Å². The first-order valence-corrected chi connectivity index (χ1v) is 8.37. The predicted octanol–water partition coefficient (Wildman–Crippen LogP) is 4.68. The average Bonchev–Trinajstić information content (AvgIpc) is 3.00. The van der Waals surface area contributed by atoms with E-state index in [0.717, 1.165) is 0 Å². The summed E-state index contributed by atoms with van der Waals surface area (Å²) in [6, 6.07) is 10.1. The van der Waals surface area contributed by atoms with E-state index in [1.165, 1.54) is 0 Å². The lowest BCUT2D eigenvalue weighted by molar-refractivity contribution is -0.104. The first-order valence-electron chi connectivity index (χ1n) is 7.99. The molecule has 132 valence electrons. The van der Waals surface area contributed by atoms with Gasteiger partial charge in [0.15, 0.2) is 17.4 Å². The normalized spacial score (nSPS) is 20.9. The maximum atomic E-state index is 10.8. The van der Waals surface area contributed by atoms with Gasteiger partial charge in [-0.25, -0.2) is 4.85 Å². The molecule has 7 heteroatoms. The van der Waals surface area contributed by atoms with Crippen LogP contribution in [0.25, 0.3) is 15.8 Å².